The van der Waals surface area contributed by atoms with Crippen LogP contribution in [0.5, 0.6) is 0 Å². The third-order valence-corrected chi connectivity index (χ3v) is 4.75. The molecule has 0 aromatic heterocycles. The Bertz CT molecular complexity index is 769. The zero-order valence-corrected chi connectivity index (χ0v) is 16.8. The SMILES string of the molecule is CCN(C(=O)C(C)(C)C(=O)NCCCc1ccccc1)c1cccc(C)c1. The molecule has 0 aliphatic carbocycles. The summed E-state index contributed by atoms with van der Waals surface area (Å²) >= 11 is 0. The molecular formula is C23H30N2O2. The Morgan fingerprint density at radius 2 is 1.74 bits per heavy atom. The number of nitrogens with one attached hydrogen (secondary N) is 1. The van der Waals surface area contributed by atoms with E-state index in [9.17, 15) is 9.59 Å². The summed E-state index contributed by atoms with van der Waals surface area (Å²) in [6.45, 7) is 8.38. The topological polar surface area (TPSA) is 49.4 Å². The van der Waals surface area contributed by atoms with Gasteiger partial charge < -0.3 is 10.2 Å². The molecule has 2 aromatic carbocycles. The number of hydrogen-bond acceptors (Lipinski definition) is 2. The van der Waals surface area contributed by atoms with Crippen molar-refractivity contribution in [3.63, 3.8) is 0 Å². The number of aryl methyl sites for hydroxylation is 2. The number of nitrogens with zero attached hydrogens (tertiary/aromatic N) is 1. The average Bonchev–Trinajstić information content (AvgIpc) is 2.66. The second kappa shape index (κ2) is 9.36. The maximum atomic E-state index is 13.1. The highest BCUT2D eigenvalue weighted by Gasteiger charge is 2.39. The van der Waals surface area contributed by atoms with Crippen LogP contribution in [0.15, 0.2) is 54.6 Å². The van der Waals surface area contributed by atoms with Crippen molar-refractivity contribution in [3.8, 4) is 0 Å². The van der Waals surface area contributed by atoms with E-state index in [4.69, 9.17) is 0 Å². The van der Waals surface area contributed by atoms with Crippen LogP contribution < -0.4 is 10.2 Å². The summed E-state index contributed by atoms with van der Waals surface area (Å²) in [5, 5.41) is 2.93. The van der Waals surface area contributed by atoms with E-state index in [0.717, 1.165) is 24.1 Å². The Morgan fingerprint density at radius 3 is 2.37 bits per heavy atom. The van der Waals surface area contributed by atoms with Crippen molar-refractivity contribution in [2.75, 3.05) is 18.0 Å². The molecule has 2 rings (SSSR count). The van der Waals surface area contributed by atoms with Crippen LogP contribution in [0.2, 0.25) is 0 Å². The van der Waals surface area contributed by atoms with Crippen molar-refractivity contribution >= 4 is 17.5 Å². The van der Waals surface area contributed by atoms with E-state index in [-0.39, 0.29) is 11.8 Å². The van der Waals surface area contributed by atoms with Gasteiger partial charge in [0.15, 0.2) is 0 Å². The van der Waals surface area contributed by atoms with Gasteiger partial charge in [0.1, 0.15) is 5.41 Å². The van der Waals surface area contributed by atoms with E-state index in [1.165, 1.54) is 5.56 Å². The lowest BCUT2D eigenvalue weighted by Crippen LogP contribution is -2.50. The average molecular weight is 367 g/mol. The Kier molecular flexibility index (Phi) is 7.17. The smallest absolute Gasteiger partial charge is 0.242 e. The van der Waals surface area contributed by atoms with Gasteiger partial charge in [-0.3, -0.25) is 9.59 Å². The molecule has 0 radical (unpaired) electrons. The van der Waals surface area contributed by atoms with E-state index in [1.54, 1.807) is 18.7 Å². The van der Waals surface area contributed by atoms with Crippen LogP contribution in [-0.4, -0.2) is 24.9 Å². The Morgan fingerprint density at radius 1 is 1.04 bits per heavy atom. The Hall–Kier alpha value is -2.62. The molecule has 0 heterocycles. The fourth-order valence-corrected chi connectivity index (χ4v) is 3.03. The maximum Gasteiger partial charge on any atom is 0.242 e. The fourth-order valence-electron chi connectivity index (χ4n) is 3.03. The number of rotatable bonds is 8. The van der Waals surface area contributed by atoms with Crippen LogP contribution in [0, 0.1) is 12.3 Å². The van der Waals surface area contributed by atoms with Gasteiger partial charge in [-0.05, 0) is 63.8 Å². The van der Waals surface area contributed by atoms with Gasteiger partial charge in [-0.15, -0.1) is 0 Å². The number of anilines is 1. The van der Waals surface area contributed by atoms with E-state index in [0.29, 0.717) is 13.1 Å². The third-order valence-electron chi connectivity index (χ3n) is 4.75. The van der Waals surface area contributed by atoms with Gasteiger partial charge >= 0.3 is 0 Å². The van der Waals surface area contributed by atoms with Gasteiger partial charge in [0.2, 0.25) is 11.8 Å². The molecule has 144 valence electrons. The molecule has 0 saturated heterocycles. The Balaban J connectivity index is 1.95. The van der Waals surface area contributed by atoms with Gasteiger partial charge in [-0.25, -0.2) is 0 Å². The first kappa shape index (κ1) is 20.7. The van der Waals surface area contributed by atoms with Crippen molar-refractivity contribution in [1.82, 2.24) is 5.32 Å². The summed E-state index contributed by atoms with van der Waals surface area (Å²) in [4.78, 5) is 27.4. The minimum absolute atomic E-state index is 0.184. The van der Waals surface area contributed by atoms with Crippen molar-refractivity contribution in [2.45, 2.75) is 40.5 Å². The van der Waals surface area contributed by atoms with Crippen molar-refractivity contribution in [1.29, 1.82) is 0 Å². The monoisotopic (exact) mass is 366 g/mol. The van der Waals surface area contributed by atoms with E-state index < -0.39 is 5.41 Å². The van der Waals surface area contributed by atoms with Crippen LogP contribution >= 0.6 is 0 Å². The van der Waals surface area contributed by atoms with E-state index in [2.05, 4.69) is 17.4 Å². The highest BCUT2D eigenvalue weighted by atomic mass is 16.2. The second-order valence-corrected chi connectivity index (χ2v) is 7.36. The zero-order chi connectivity index (χ0) is 19.9. The first-order chi connectivity index (χ1) is 12.9. The highest BCUT2D eigenvalue weighted by molar-refractivity contribution is 6.11. The predicted molar refractivity (Wildman–Crippen MR) is 111 cm³/mol. The van der Waals surface area contributed by atoms with Gasteiger partial charge in [0, 0.05) is 18.8 Å². The van der Waals surface area contributed by atoms with Crippen molar-refractivity contribution < 1.29 is 9.59 Å². The molecule has 27 heavy (non-hydrogen) atoms. The Labute approximate surface area is 162 Å². The second-order valence-electron chi connectivity index (χ2n) is 7.36. The lowest BCUT2D eigenvalue weighted by Gasteiger charge is -2.30. The zero-order valence-electron chi connectivity index (χ0n) is 16.8. The largest absolute Gasteiger partial charge is 0.355 e. The number of carbonyl (C=O) groups is 2. The summed E-state index contributed by atoms with van der Waals surface area (Å²) in [5.74, 6) is -0.414. The lowest BCUT2D eigenvalue weighted by atomic mass is 9.89. The lowest BCUT2D eigenvalue weighted by molar-refractivity contribution is -0.139. The standard InChI is InChI=1S/C23H30N2O2/c1-5-25(20-15-9-11-18(2)17-20)22(27)23(3,4)21(26)24-16-10-14-19-12-7-6-8-13-19/h6-9,11-13,15,17H,5,10,14,16H2,1-4H3,(H,24,26). The molecule has 0 saturated carbocycles. The number of amides is 2. The van der Waals surface area contributed by atoms with E-state index in [1.807, 2.05) is 56.3 Å². The van der Waals surface area contributed by atoms with Gasteiger partial charge in [0.25, 0.3) is 0 Å². The minimum Gasteiger partial charge on any atom is -0.355 e. The molecule has 4 nitrogen and oxygen atoms in total. The molecule has 0 bridgehead atoms. The first-order valence-electron chi connectivity index (χ1n) is 9.57. The van der Waals surface area contributed by atoms with Crippen LogP contribution in [0.25, 0.3) is 0 Å². The van der Waals surface area contributed by atoms with Crippen LogP contribution in [0.4, 0.5) is 5.69 Å². The van der Waals surface area contributed by atoms with Gasteiger partial charge in [-0.1, -0.05) is 42.5 Å². The molecule has 0 unspecified atom stereocenters. The number of benzene rings is 2. The fraction of sp³-hybridized carbons (Fsp3) is 0.391. The maximum absolute atomic E-state index is 13.1. The van der Waals surface area contributed by atoms with Crippen LogP contribution in [0.1, 0.15) is 38.3 Å². The van der Waals surface area contributed by atoms with E-state index >= 15 is 0 Å². The van der Waals surface area contributed by atoms with Crippen LogP contribution in [-0.2, 0) is 16.0 Å². The normalized spacial score (nSPS) is 11.1. The summed E-state index contributed by atoms with van der Waals surface area (Å²) in [7, 11) is 0. The predicted octanol–water partition coefficient (Wildman–Crippen LogP) is 4.12. The molecule has 0 spiro atoms. The summed E-state index contributed by atoms with van der Waals surface area (Å²) < 4.78 is 0. The molecule has 0 fully saturated rings. The quantitative estimate of drug-likeness (QED) is 0.564. The van der Waals surface area contributed by atoms with Crippen molar-refractivity contribution in [2.24, 2.45) is 5.41 Å². The summed E-state index contributed by atoms with van der Waals surface area (Å²) in [6.07, 6.45) is 1.75. The molecule has 4 heteroatoms. The van der Waals surface area contributed by atoms with Gasteiger partial charge in [-0.2, -0.15) is 0 Å². The molecule has 1 N–H and O–H groups in total. The van der Waals surface area contributed by atoms with Crippen molar-refractivity contribution in [3.05, 3.63) is 65.7 Å². The first-order valence-corrected chi connectivity index (χ1v) is 9.57. The van der Waals surface area contributed by atoms with Crippen LogP contribution in [0.3, 0.4) is 0 Å². The molecule has 0 atom stereocenters. The highest BCUT2D eigenvalue weighted by Crippen LogP contribution is 2.25. The minimum atomic E-state index is -1.12. The molecular weight excluding hydrogens is 336 g/mol. The summed E-state index contributed by atoms with van der Waals surface area (Å²) in [5.41, 5.74) is 2.04. The molecule has 2 aromatic rings. The summed E-state index contributed by atoms with van der Waals surface area (Å²) in [6, 6.07) is 18.0. The molecule has 0 aliphatic rings. The number of carbonyl (C=O) groups excluding carboxylic acids is 2. The molecule has 2 amide bonds. The van der Waals surface area contributed by atoms with Gasteiger partial charge in [0.05, 0.1) is 0 Å². The molecule has 0 aliphatic heterocycles. The third kappa shape index (κ3) is 5.43. The number of hydrogen-bond donors (Lipinski definition) is 1.